The Kier molecular flexibility index (Phi) is 38.5. The largest absolute Gasteiger partial charge is 0.472 e. The van der Waals surface area contributed by atoms with Crippen molar-refractivity contribution in [3.63, 3.8) is 0 Å². The lowest BCUT2D eigenvalue weighted by Crippen LogP contribution is -2.29. The SMILES string of the molecule is CC/C=C/C=C/C=C/C=C/C=C/CCCC(=O)OC(COC(=O)CCC/C=C/C/C=C/C/C=C/C/C=C/C/C=C/C/C=C/C/C=C/CC)COP(=O)(O)OCCN. The summed E-state index contributed by atoms with van der Waals surface area (Å²) in [5.74, 6) is -1.01. The molecule has 9 nitrogen and oxygen atoms in total. The summed E-state index contributed by atoms with van der Waals surface area (Å²) in [4.78, 5) is 34.7. The number of carbonyl (C=O) groups is 2. The molecule has 10 heteroatoms. The van der Waals surface area contributed by atoms with E-state index < -0.39 is 32.5 Å². The number of phosphoric ester groups is 1. The Bertz CT molecular complexity index is 1430. The van der Waals surface area contributed by atoms with E-state index in [1.807, 2.05) is 60.8 Å². The summed E-state index contributed by atoms with van der Waals surface area (Å²) >= 11 is 0. The van der Waals surface area contributed by atoms with E-state index in [9.17, 15) is 19.0 Å². The second kappa shape index (κ2) is 41.5. The Morgan fingerprint density at radius 2 is 0.965 bits per heavy atom. The molecule has 3 N–H and O–H groups in total. The highest BCUT2D eigenvalue weighted by molar-refractivity contribution is 7.47. The third kappa shape index (κ3) is 41.3. The molecule has 0 aromatic heterocycles. The topological polar surface area (TPSA) is 134 Å². The van der Waals surface area contributed by atoms with E-state index in [-0.39, 0.29) is 32.6 Å². The lowest BCUT2D eigenvalue weighted by molar-refractivity contribution is -0.161. The zero-order valence-electron chi connectivity index (χ0n) is 34.5. The predicted octanol–water partition coefficient (Wildman–Crippen LogP) is 11.7. The molecule has 2 atom stereocenters. The molecule has 0 aliphatic carbocycles. The van der Waals surface area contributed by atoms with Crippen molar-refractivity contribution in [2.24, 2.45) is 5.73 Å². The first kappa shape index (κ1) is 52.9. The minimum Gasteiger partial charge on any atom is -0.462 e. The van der Waals surface area contributed by atoms with Gasteiger partial charge < -0.3 is 20.1 Å². The second-order valence-corrected chi connectivity index (χ2v) is 14.0. The van der Waals surface area contributed by atoms with Crippen molar-refractivity contribution in [3.05, 3.63) is 146 Å². The van der Waals surface area contributed by atoms with Gasteiger partial charge in [-0.1, -0.05) is 160 Å². The van der Waals surface area contributed by atoms with Crippen LogP contribution < -0.4 is 5.73 Å². The van der Waals surface area contributed by atoms with Crippen LogP contribution in [0.15, 0.2) is 146 Å². The fourth-order valence-corrected chi connectivity index (χ4v) is 5.18. The summed E-state index contributed by atoms with van der Waals surface area (Å²) in [7, 11) is -4.42. The molecule has 0 aromatic rings. The van der Waals surface area contributed by atoms with Crippen LogP contribution in [0.3, 0.4) is 0 Å². The number of hydrogen-bond donors (Lipinski definition) is 2. The lowest BCUT2D eigenvalue weighted by Gasteiger charge is -2.19. The zero-order valence-corrected chi connectivity index (χ0v) is 35.4. The number of allylic oxidation sites excluding steroid dienone is 24. The monoisotopic (exact) mass is 807 g/mol. The van der Waals surface area contributed by atoms with Gasteiger partial charge >= 0.3 is 19.8 Å². The minimum absolute atomic E-state index is 0.0247. The van der Waals surface area contributed by atoms with E-state index in [1.54, 1.807) is 0 Å². The molecule has 2 unspecified atom stereocenters. The van der Waals surface area contributed by atoms with Crippen molar-refractivity contribution >= 4 is 19.8 Å². The number of ether oxygens (including phenoxy) is 2. The number of esters is 2. The van der Waals surface area contributed by atoms with Gasteiger partial charge in [-0.25, -0.2) is 4.57 Å². The van der Waals surface area contributed by atoms with Crippen molar-refractivity contribution in [2.45, 2.75) is 110 Å². The van der Waals surface area contributed by atoms with Gasteiger partial charge in [0.25, 0.3) is 0 Å². The smallest absolute Gasteiger partial charge is 0.462 e. The van der Waals surface area contributed by atoms with Crippen molar-refractivity contribution in [1.29, 1.82) is 0 Å². The van der Waals surface area contributed by atoms with E-state index >= 15 is 0 Å². The van der Waals surface area contributed by atoms with Gasteiger partial charge in [-0.05, 0) is 77.0 Å². The first-order chi connectivity index (χ1) is 27.8. The highest BCUT2D eigenvalue weighted by atomic mass is 31.2. The molecule has 0 amide bonds. The molecule has 57 heavy (non-hydrogen) atoms. The van der Waals surface area contributed by atoms with Gasteiger partial charge in [0.2, 0.25) is 0 Å². The van der Waals surface area contributed by atoms with E-state index in [4.69, 9.17) is 24.3 Å². The number of phosphoric acid groups is 1. The van der Waals surface area contributed by atoms with Crippen LogP contribution in [0.25, 0.3) is 0 Å². The summed E-state index contributed by atoms with van der Waals surface area (Å²) in [6, 6.07) is 0. The average Bonchev–Trinajstić information content (AvgIpc) is 3.20. The van der Waals surface area contributed by atoms with Gasteiger partial charge in [-0.3, -0.25) is 18.6 Å². The van der Waals surface area contributed by atoms with Gasteiger partial charge in [0, 0.05) is 19.4 Å². The molecule has 0 aliphatic rings. The van der Waals surface area contributed by atoms with Gasteiger partial charge in [-0.15, -0.1) is 0 Å². The lowest BCUT2D eigenvalue weighted by atomic mass is 10.2. The molecular weight excluding hydrogens is 737 g/mol. The Balaban J connectivity index is 4.40. The molecule has 0 aliphatic heterocycles. The molecule has 0 aromatic carbocycles. The third-order valence-electron chi connectivity index (χ3n) is 7.35. The molecule has 0 saturated heterocycles. The first-order valence-corrected chi connectivity index (χ1v) is 21.9. The number of rotatable bonds is 35. The standard InChI is InChI=1S/C47H70NO8P/c1-3-5-7-9-11-13-15-17-18-19-20-21-22-23-24-25-26-28-29-31-33-35-37-39-46(49)53-43-45(44-55-57(51,52)54-42-41-48)56-47(50)40-38-36-34-32-30-27-16-14-12-10-8-6-4-2/h5-8,10-14,16-18,20-21,23-24,26-28,30-34,45H,3-4,9,15,19,22,25,29,35-44,48H2,1-2H3,(H,51,52)/b7-5+,8-6+,12-10+,13-11+,16-14+,18-17+,21-20+,24-23+,28-26+,30-27+,33-31+,34-32+. The Labute approximate surface area is 344 Å². The Morgan fingerprint density at radius 3 is 1.46 bits per heavy atom. The van der Waals surface area contributed by atoms with Crippen molar-refractivity contribution in [2.75, 3.05) is 26.4 Å². The van der Waals surface area contributed by atoms with Crippen LogP contribution in [0.1, 0.15) is 104 Å². The molecule has 0 rings (SSSR count). The predicted molar refractivity (Wildman–Crippen MR) is 237 cm³/mol. The van der Waals surface area contributed by atoms with Crippen molar-refractivity contribution < 1.29 is 37.6 Å². The first-order valence-electron chi connectivity index (χ1n) is 20.4. The highest BCUT2D eigenvalue weighted by Crippen LogP contribution is 2.43. The maximum absolute atomic E-state index is 12.5. The summed E-state index contributed by atoms with van der Waals surface area (Å²) in [6.07, 6.45) is 59.0. The zero-order chi connectivity index (χ0) is 41.8. The average molecular weight is 808 g/mol. The molecule has 0 radical (unpaired) electrons. The van der Waals surface area contributed by atoms with Crippen LogP contribution in [-0.2, 0) is 32.7 Å². The highest BCUT2D eigenvalue weighted by Gasteiger charge is 2.25. The number of carbonyl (C=O) groups excluding carboxylic acids is 2. The van der Waals surface area contributed by atoms with Crippen LogP contribution in [0, 0.1) is 0 Å². The summed E-state index contributed by atoms with van der Waals surface area (Å²) < 4.78 is 32.5. The molecule has 0 spiro atoms. The van der Waals surface area contributed by atoms with Gasteiger partial charge in [0.15, 0.2) is 6.10 Å². The fourth-order valence-electron chi connectivity index (χ4n) is 4.42. The molecular formula is C47H70NO8P. The Morgan fingerprint density at radius 1 is 0.544 bits per heavy atom. The van der Waals surface area contributed by atoms with E-state index in [2.05, 4.69) is 98.9 Å². The van der Waals surface area contributed by atoms with Crippen molar-refractivity contribution in [3.8, 4) is 0 Å². The van der Waals surface area contributed by atoms with Gasteiger partial charge in [0.05, 0.1) is 13.2 Å². The molecule has 0 bridgehead atoms. The normalized spacial score (nSPS) is 14.8. The van der Waals surface area contributed by atoms with Crippen LogP contribution in [0.5, 0.6) is 0 Å². The fraction of sp³-hybridized carbons (Fsp3) is 0.447. The maximum atomic E-state index is 12.5. The minimum atomic E-state index is -4.42. The molecule has 0 fully saturated rings. The van der Waals surface area contributed by atoms with Crippen LogP contribution in [-0.4, -0.2) is 49.3 Å². The van der Waals surface area contributed by atoms with E-state index in [0.717, 1.165) is 51.4 Å². The second-order valence-electron chi connectivity index (χ2n) is 12.5. The quantitative estimate of drug-likeness (QED) is 0.0211. The number of hydrogen-bond acceptors (Lipinski definition) is 8. The number of nitrogens with two attached hydrogens (primary N) is 1. The van der Waals surface area contributed by atoms with E-state index in [1.165, 1.54) is 0 Å². The summed E-state index contributed by atoms with van der Waals surface area (Å²) in [6.45, 7) is 3.26. The number of unbranched alkanes of at least 4 members (excludes halogenated alkanes) is 2. The van der Waals surface area contributed by atoms with Crippen LogP contribution >= 0.6 is 7.82 Å². The van der Waals surface area contributed by atoms with Crippen LogP contribution in [0.4, 0.5) is 0 Å². The molecule has 0 heterocycles. The van der Waals surface area contributed by atoms with E-state index in [0.29, 0.717) is 25.7 Å². The van der Waals surface area contributed by atoms with Gasteiger partial charge in [0.1, 0.15) is 6.61 Å². The third-order valence-corrected chi connectivity index (χ3v) is 8.33. The van der Waals surface area contributed by atoms with Crippen molar-refractivity contribution in [1.82, 2.24) is 0 Å². The van der Waals surface area contributed by atoms with Gasteiger partial charge in [-0.2, -0.15) is 0 Å². The molecule has 0 saturated carbocycles. The Hall–Kier alpha value is -4.11. The maximum Gasteiger partial charge on any atom is 0.472 e. The summed E-state index contributed by atoms with van der Waals surface area (Å²) in [5, 5.41) is 0. The van der Waals surface area contributed by atoms with Crippen LogP contribution in [0.2, 0.25) is 0 Å². The summed E-state index contributed by atoms with van der Waals surface area (Å²) in [5.41, 5.74) is 5.33. The molecule has 316 valence electrons.